The van der Waals surface area contributed by atoms with Gasteiger partial charge in [-0.2, -0.15) is 0 Å². The number of rotatable bonds is 3. The number of carboxylic acids is 1. The van der Waals surface area contributed by atoms with Crippen LogP contribution in [0.25, 0.3) is 6.08 Å². The number of amides is 1. The van der Waals surface area contributed by atoms with Crippen LogP contribution in [0.1, 0.15) is 15.9 Å². The Kier molecular flexibility index (Phi) is 5.36. The standard InChI is InChI=1S/C18H12Cl2N2O3S/c1-22-16(23)15(9-11-12(19)6-4-7-13(11)20)26-18(22)21-14-8-3-2-5-10(14)17(24)25/h2-9H,1H3,(H,24,25)/b15-9-,21-18?. The van der Waals surface area contributed by atoms with Crippen molar-refractivity contribution in [3.05, 3.63) is 68.5 Å². The summed E-state index contributed by atoms with van der Waals surface area (Å²) in [5.41, 5.74) is 0.888. The molecule has 0 spiro atoms. The highest BCUT2D eigenvalue weighted by Gasteiger charge is 2.31. The number of aromatic carboxylic acids is 1. The molecule has 0 atom stereocenters. The molecule has 8 heteroatoms. The average Bonchev–Trinajstić information content (AvgIpc) is 2.86. The molecule has 0 radical (unpaired) electrons. The van der Waals surface area contributed by atoms with E-state index in [1.54, 1.807) is 49.5 Å². The first-order valence-electron chi connectivity index (χ1n) is 7.41. The number of halogens is 2. The highest BCUT2D eigenvalue weighted by Crippen LogP contribution is 2.36. The Morgan fingerprint density at radius 3 is 2.46 bits per heavy atom. The number of carbonyl (C=O) groups is 2. The molecule has 132 valence electrons. The number of hydrogen-bond acceptors (Lipinski definition) is 4. The van der Waals surface area contributed by atoms with Crippen LogP contribution < -0.4 is 0 Å². The lowest BCUT2D eigenvalue weighted by atomic mass is 10.2. The summed E-state index contributed by atoms with van der Waals surface area (Å²) >= 11 is 13.4. The van der Waals surface area contributed by atoms with Gasteiger partial charge in [-0.1, -0.05) is 41.4 Å². The average molecular weight is 407 g/mol. The van der Waals surface area contributed by atoms with Crippen molar-refractivity contribution in [1.29, 1.82) is 0 Å². The molecular formula is C18H12Cl2N2O3S. The van der Waals surface area contributed by atoms with E-state index in [0.29, 0.717) is 25.7 Å². The molecule has 3 rings (SSSR count). The second-order valence-electron chi connectivity index (χ2n) is 5.33. The summed E-state index contributed by atoms with van der Waals surface area (Å²) in [6, 6.07) is 11.4. The minimum atomic E-state index is -1.08. The van der Waals surface area contributed by atoms with E-state index in [1.807, 2.05) is 0 Å². The van der Waals surface area contributed by atoms with Gasteiger partial charge >= 0.3 is 5.97 Å². The fraction of sp³-hybridized carbons (Fsp3) is 0.0556. The summed E-state index contributed by atoms with van der Waals surface area (Å²) in [6.45, 7) is 0. The highest BCUT2D eigenvalue weighted by atomic mass is 35.5. The van der Waals surface area contributed by atoms with Gasteiger partial charge in [0.1, 0.15) is 0 Å². The van der Waals surface area contributed by atoms with Crippen LogP contribution in [0.3, 0.4) is 0 Å². The highest BCUT2D eigenvalue weighted by molar-refractivity contribution is 8.18. The molecule has 1 saturated heterocycles. The summed E-state index contributed by atoms with van der Waals surface area (Å²) < 4.78 is 0. The summed E-state index contributed by atoms with van der Waals surface area (Å²) in [5.74, 6) is -1.35. The molecule has 2 aromatic carbocycles. The Bertz CT molecular complexity index is 952. The molecule has 0 bridgehead atoms. The predicted octanol–water partition coefficient (Wildman–Crippen LogP) is 4.93. The first kappa shape index (κ1) is 18.5. The van der Waals surface area contributed by atoms with Gasteiger partial charge in [0.25, 0.3) is 5.91 Å². The molecule has 1 fully saturated rings. The second kappa shape index (κ2) is 7.53. The summed E-state index contributed by atoms with van der Waals surface area (Å²) in [6.07, 6.45) is 1.61. The van der Waals surface area contributed by atoms with Gasteiger partial charge in [0.2, 0.25) is 0 Å². The van der Waals surface area contributed by atoms with E-state index >= 15 is 0 Å². The molecule has 0 unspecified atom stereocenters. The van der Waals surface area contributed by atoms with Crippen molar-refractivity contribution in [3.8, 4) is 0 Å². The first-order chi connectivity index (χ1) is 12.4. The van der Waals surface area contributed by atoms with E-state index < -0.39 is 5.97 Å². The van der Waals surface area contributed by atoms with Gasteiger partial charge in [0.05, 0.1) is 16.2 Å². The number of nitrogens with zero attached hydrogens (tertiary/aromatic N) is 2. The lowest BCUT2D eigenvalue weighted by Gasteiger charge is -2.08. The molecular weight excluding hydrogens is 395 g/mol. The smallest absolute Gasteiger partial charge is 0.337 e. The lowest BCUT2D eigenvalue weighted by Crippen LogP contribution is -2.23. The minimum absolute atomic E-state index is 0.0630. The molecule has 1 heterocycles. The van der Waals surface area contributed by atoms with Crippen LogP contribution in [0, 0.1) is 0 Å². The van der Waals surface area contributed by atoms with Crippen molar-refractivity contribution < 1.29 is 14.7 Å². The van der Waals surface area contributed by atoms with Crippen LogP contribution in [0.2, 0.25) is 10.0 Å². The van der Waals surface area contributed by atoms with Crippen LogP contribution in [0.15, 0.2) is 52.4 Å². The van der Waals surface area contributed by atoms with Crippen LogP contribution in [-0.4, -0.2) is 34.1 Å². The van der Waals surface area contributed by atoms with Crippen LogP contribution in [-0.2, 0) is 4.79 Å². The summed E-state index contributed by atoms with van der Waals surface area (Å²) in [5, 5.41) is 10.5. The Balaban J connectivity index is 2.00. The van der Waals surface area contributed by atoms with E-state index in [2.05, 4.69) is 4.99 Å². The molecule has 5 nitrogen and oxygen atoms in total. The molecule has 0 aromatic heterocycles. The van der Waals surface area contributed by atoms with Gasteiger partial charge in [0, 0.05) is 22.7 Å². The predicted molar refractivity (Wildman–Crippen MR) is 105 cm³/mol. The van der Waals surface area contributed by atoms with E-state index in [0.717, 1.165) is 11.8 Å². The number of para-hydroxylation sites is 1. The van der Waals surface area contributed by atoms with E-state index in [1.165, 1.54) is 11.0 Å². The number of aliphatic imine (C=N–C) groups is 1. The minimum Gasteiger partial charge on any atom is -0.478 e. The topological polar surface area (TPSA) is 70.0 Å². The molecule has 1 aliphatic heterocycles. The first-order valence-corrected chi connectivity index (χ1v) is 8.98. The molecule has 26 heavy (non-hydrogen) atoms. The summed E-state index contributed by atoms with van der Waals surface area (Å²) in [7, 11) is 1.58. The van der Waals surface area contributed by atoms with Crippen LogP contribution in [0.4, 0.5) is 5.69 Å². The van der Waals surface area contributed by atoms with Crippen molar-refractivity contribution >= 4 is 63.8 Å². The van der Waals surface area contributed by atoms with Gasteiger partial charge < -0.3 is 5.11 Å². The number of amidine groups is 1. The third-order valence-corrected chi connectivity index (χ3v) is 5.35. The number of thioether (sulfide) groups is 1. The molecule has 1 N–H and O–H groups in total. The maximum absolute atomic E-state index is 12.5. The van der Waals surface area contributed by atoms with Crippen LogP contribution in [0.5, 0.6) is 0 Å². The van der Waals surface area contributed by atoms with Gasteiger partial charge in [0.15, 0.2) is 5.17 Å². The zero-order chi connectivity index (χ0) is 18.8. The van der Waals surface area contributed by atoms with Crippen molar-refractivity contribution in [1.82, 2.24) is 4.90 Å². The Morgan fingerprint density at radius 1 is 1.15 bits per heavy atom. The molecule has 2 aromatic rings. The molecule has 0 aliphatic carbocycles. The zero-order valence-corrected chi connectivity index (χ0v) is 15.8. The summed E-state index contributed by atoms with van der Waals surface area (Å²) in [4.78, 5) is 29.9. The Labute approximate surface area is 163 Å². The monoisotopic (exact) mass is 406 g/mol. The number of likely N-dealkylation sites (N-methyl/N-ethyl adjacent to an activating group) is 1. The fourth-order valence-electron chi connectivity index (χ4n) is 2.29. The van der Waals surface area contributed by atoms with Crippen LogP contribution >= 0.6 is 35.0 Å². The largest absolute Gasteiger partial charge is 0.478 e. The zero-order valence-electron chi connectivity index (χ0n) is 13.4. The van der Waals surface area contributed by atoms with Gasteiger partial charge in [-0.25, -0.2) is 9.79 Å². The van der Waals surface area contributed by atoms with E-state index in [4.69, 9.17) is 23.2 Å². The molecule has 0 saturated carbocycles. The fourth-order valence-corrected chi connectivity index (χ4v) is 3.75. The number of carbonyl (C=O) groups excluding carboxylic acids is 1. The SMILES string of the molecule is CN1C(=O)/C(=C/c2c(Cl)cccc2Cl)SC1=Nc1ccccc1C(=O)O. The third kappa shape index (κ3) is 3.62. The van der Waals surface area contributed by atoms with Gasteiger partial charge in [-0.3, -0.25) is 9.69 Å². The lowest BCUT2D eigenvalue weighted by molar-refractivity contribution is -0.121. The number of carboxylic acid groups (broad SMARTS) is 1. The Morgan fingerprint density at radius 2 is 1.81 bits per heavy atom. The van der Waals surface area contributed by atoms with Crippen molar-refractivity contribution in [2.45, 2.75) is 0 Å². The molecule has 1 aliphatic rings. The maximum atomic E-state index is 12.5. The quantitative estimate of drug-likeness (QED) is 0.733. The third-order valence-electron chi connectivity index (χ3n) is 3.63. The second-order valence-corrected chi connectivity index (χ2v) is 7.15. The van der Waals surface area contributed by atoms with Gasteiger partial charge in [-0.05, 0) is 42.1 Å². The van der Waals surface area contributed by atoms with Crippen molar-refractivity contribution in [2.75, 3.05) is 7.05 Å². The van der Waals surface area contributed by atoms with Gasteiger partial charge in [-0.15, -0.1) is 0 Å². The van der Waals surface area contributed by atoms with Crippen molar-refractivity contribution in [3.63, 3.8) is 0 Å². The normalized spacial score (nSPS) is 17.3. The number of benzene rings is 2. The molecule has 1 amide bonds. The number of hydrogen-bond donors (Lipinski definition) is 1. The van der Waals surface area contributed by atoms with Crippen molar-refractivity contribution in [2.24, 2.45) is 4.99 Å². The van der Waals surface area contributed by atoms with E-state index in [-0.39, 0.29) is 17.2 Å². The van der Waals surface area contributed by atoms with E-state index in [9.17, 15) is 14.7 Å². The Hall–Kier alpha value is -2.28. The maximum Gasteiger partial charge on any atom is 0.337 e.